The maximum absolute atomic E-state index is 11.8. The van der Waals surface area contributed by atoms with Gasteiger partial charge in [0, 0.05) is 4.47 Å². The largest absolute Gasteiger partial charge is 0.497 e. The van der Waals surface area contributed by atoms with Gasteiger partial charge in [-0.25, -0.2) is 5.43 Å². The van der Waals surface area contributed by atoms with Crippen molar-refractivity contribution in [1.29, 1.82) is 0 Å². The summed E-state index contributed by atoms with van der Waals surface area (Å²) in [6, 6.07) is 14.0. The van der Waals surface area contributed by atoms with Crippen molar-refractivity contribution in [2.45, 2.75) is 6.10 Å². The van der Waals surface area contributed by atoms with Crippen LogP contribution in [0.2, 0.25) is 0 Å². The third-order valence-corrected chi connectivity index (χ3v) is 3.47. The van der Waals surface area contributed by atoms with Gasteiger partial charge in [0.2, 0.25) is 0 Å². The van der Waals surface area contributed by atoms with Crippen LogP contribution >= 0.6 is 15.9 Å². The number of ether oxygens (including phenoxy) is 1. The van der Waals surface area contributed by atoms with Crippen LogP contribution < -0.4 is 10.2 Å². The molecule has 114 valence electrons. The Morgan fingerprint density at radius 2 is 1.86 bits per heavy atom. The molecule has 2 aromatic carbocycles. The number of carbonyl (C=O) groups excluding carboxylic acids is 1. The molecule has 1 unspecified atom stereocenters. The van der Waals surface area contributed by atoms with Crippen LogP contribution in [0.5, 0.6) is 5.75 Å². The molecular weight excluding hydrogens is 348 g/mol. The van der Waals surface area contributed by atoms with Gasteiger partial charge >= 0.3 is 0 Å². The van der Waals surface area contributed by atoms with E-state index < -0.39 is 12.0 Å². The van der Waals surface area contributed by atoms with Crippen molar-refractivity contribution < 1.29 is 14.6 Å². The van der Waals surface area contributed by atoms with Gasteiger partial charge in [-0.2, -0.15) is 5.10 Å². The molecule has 0 saturated carbocycles. The lowest BCUT2D eigenvalue weighted by atomic mass is 10.1. The number of rotatable bonds is 5. The Balaban J connectivity index is 1.93. The Kier molecular flexibility index (Phi) is 5.68. The molecule has 0 radical (unpaired) electrons. The lowest BCUT2D eigenvalue weighted by molar-refractivity contribution is -0.129. The Bertz CT molecular complexity index is 654. The molecule has 2 rings (SSSR count). The molecule has 0 fully saturated rings. The average molecular weight is 363 g/mol. The summed E-state index contributed by atoms with van der Waals surface area (Å²) in [5.74, 6) is 0.152. The van der Waals surface area contributed by atoms with Crippen molar-refractivity contribution in [2.24, 2.45) is 5.10 Å². The number of aliphatic hydroxyl groups is 1. The van der Waals surface area contributed by atoms with Crippen LogP contribution in [0.1, 0.15) is 17.2 Å². The molecule has 2 N–H and O–H groups in total. The minimum absolute atomic E-state index is 0.500. The SMILES string of the molecule is COc1ccc(/C=N\NC(=O)C(O)c2ccc(Br)cc2)cc1. The molecule has 0 heterocycles. The quantitative estimate of drug-likeness (QED) is 0.634. The number of nitrogens with zero attached hydrogens (tertiary/aromatic N) is 1. The Labute approximate surface area is 136 Å². The normalized spacial score (nSPS) is 12.1. The van der Waals surface area contributed by atoms with E-state index in [0.717, 1.165) is 15.8 Å². The molecule has 0 bridgehead atoms. The van der Waals surface area contributed by atoms with Crippen LogP contribution in [0, 0.1) is 0 Å². The summed E-state index contributed by atoms with van der Waals surface area (Å²) in [6.07, 6.45) is 0.229. The number of amides is 1. The standard InChI is InChI=1S/C16H15BrN2O3/c1-22-14-8-2-11(3-9-14)10-18-19-16(21)15(20)12-4-6-13(17)7-5-12/h2-10,15,20H,1H3,(H,19,21)/b18-10-. The van der Waals surface area contributed by atoms with Crippen molar-refractivity contribution in [1.82, 2.24) is 5.43 Å². The fourth-order valence-corrected chi connectivity index (χ4v) is 1.98. The molecule has 1 atom stereocenters. The van der Waals surface area contributed by atoms with Crippen LogP contribution in [0.4, 0.5) is 0 Å². The number of hydrogen-bond acceptors (Lipinski definition) is 4. The maximum Gasteiger partial charge on any atom is 0.273 e. The molecule has 6 heteroatoms. The summed E-state index contributed by atoms with van der Waals surface area (Å²) in [4.78, 5) is 11.8. The van der Waals surface area contributed by atoms with Gasteiger partial charge in [-0.05, 0) is 47.5 Å². The molecule has 0 aliphatic carbocycles. The third kappa shape index (κ3) is 4.41. The van der Waals surface area contributed by atoms with Crippen LogP contribution in [0.3, 0.4) is 0 Å². The highest BCUT2D eigenvalue weighted by Gasteiger charge is 2.16. The number of benzene rings is 2. The van der Waals surface area contributed by atoms with E-state index in [-0.39, 0.29) is 0 Å². The second-order valence-electron chi connectivity index (χ2n) is 4.46. The van der Waals surface area contributed by atoms with Gasteiger partial charge in [-0.1, -0.05) is 28.1 Å². The average Bonchev–Trinajstić information content (AvgIpc) is 2.55. The van der Waals surface area contributed by atoms with E-state index in [1.54, 1.807) is 55.6 Å². The number of methoxy groups -OCH3 is 1. The van der Waals surface area contributed by atoms with Crippen molar-refractivity contribution in [3.05, 3.63) is 64.1 Å². The Hall–Kier alpha value is -2.18. The summed E-state index contributed by atoms with van der Waals surface area (Å²) in [6.45, 7) is 0. The lowest BCUT2D eigenvalue weighted by Gasteiger charge is -2.08. The summed E-state index contributed by atoms with van der Waals surface area (Å²) in [5.41, 5.74) is 3.62. The summed E-state index contributed by atoms with van der Waals surface area (Å²) in [5, 5.41) is 13.8. The van der Waals surface area contributed by atoms with Crippen LogP contribution in [0.25, 0.3) is 0 Å². The monoisotopic (exact) mass is 362 g/mol. The molecule has 0 saturated heterocycles. The lowest BCUT2D eigenvalue weighted by Crippen LogP contribution is -2.25. The second-order valence-corrected chi connectivity index (χ2v) is 5.38. The van der Waals surface area contributed by atoms with E-state index in [0.29, 0.717) is 5.56 Å². The van der Waals surface area contributed by atoms with Gasteiger partial charge in [0.25, 0.3) is 5.91 Å². The minimum Gasteiger partial charge on any atom is -0.497 e. The highest BCUT2D eigenvalue weighted by atomic mass is 79.9. The first kappa shape index (κ1) is 16.2. The summed E-state index contributed by atoms with van der Waals surface area (Å²) in [7, 11) is 1.59. The third-order valence-electron chi connectivity index (χ3n) is 2.94. The van der Waals surface area contributed by atoms with Gasteiger partial charge in [-0.3, -0.25) is 4.79 Å². The highest BCUT2D eigenvalue weighted by molar-refractivity contribution is 9.10. The van der Waals surface area contributed by atoms with Crippen molar-refractivity contribution in [3.8, 4) is 5.75 Å². The van der Waals surface area contributed by atoms with Crippen LogP contribution in [0.15, 0.2) is 58.1 Å². The molecule has 22 heavy (non-hydrogen) atoms. The van der Waals surface area contributed by atoms with E-state index >= 15 is 0 Å². The minimum atomic E-state index is -1.26. The molecule has 5 nitrogen and oxygen atoms in total. The number of hydrogen-bond donors (Lipinski definition) is 2. The van der Waals surface area contributed by atoms with E-state index in [1.165, 1.54) is 6.21 Å². The van der Waals surface area contributed by atoms with Crippen molar-refractivity contribution in [2.75, 3.05) is 7.11 Å². The number of nitrogens with one attached hydrogen (secondary N) is 1. The van der Waals surface area contributed by atoms with E-state index in [4.69, 9.17) is 4.74 Å². The van der Waals surface area contributed by atoms with Gasteiger partial charge in [-0.15, -0.1) is 0 Å². The summed E-state index contributed by atoms with van der Waals surface area (Å²) < 4.78 is 5.93. The predicted octanol–water partition coefficient (Wildman–Crippen LogP) is 2.64. The fourth-order valence-electron chi connectivity index (χ4n) is 1.72. The number of hydrazone groups is 1. The molecule has 1 amide bonds. The number of halogens is 1. The van der Waals surface area contributed by atoms with Gasteiger partial charge in [0.05, 0.1) is 13.3 Å². The van der Waals surface area contributed by atoms with Gasteiger partial charge < -0.3 is 9.84 Å². The predicted molar refractivity (Wildman–Crippen MR) is 87.8 cm³/mol. The molecule has 0 spiro atoms. The molecule has 0 aliphatic rings. The van der Waals surface area contributed by atoms with E-state index in [1.807, 2.05) is 0 Å². The highest BCUT2D eigenvalue weighted by Crippen LogP contribution is 2.16. The second kappa shape index (κ2) is 7.72. The van der Waals surface area contributed by atoms with Crippen LogP contribution in [-0.4, -0.2) is 24.3 Å². The molecule has 0 aliphatic heterocycles. The van der Waals surface area contributed by atoms with Crippen molar-refractivity contribution >= 4 is 28.1 Å². The Morgan fingerprint density at radius 1 is 1.23 bits per heavy atom. The van der Waals surface area contributed by atoms with Gasteiger partial charge in [0.1, 0.15) is 5.75 Å². The first-order chi connectivity index (χ1) is 10.6. The number of aliphatic hydroxyl groups excluding tert-OH is 1. The fraction of sp³-hybridized carbons (Fsp3) is 0.125. The summed E-state index contributed by atoms with van der Waals surface area (Å²) >= 11 is 3.30. The van der Waals surface area contributed by atoms with Gasteiger partial charge in [0.15, 0.2) is 6.10 Å². The van der Waals surface area contributed by atoms with Crippen LogP contribution in [-0.2, 0) is 4.79 Å². The number of carbonyl (C=O) groups is 1. The smallest absolute Gasteiger partial charge is 0.273 e. The first-order valence-electron chi connectivity index (χ1n) is 6.50. The van der Waals surface area contributed by atoms with E-state index in [9.17, 15) is 9.90 Å². The zero-order valence-corrected chi connectivity index (χ0v) is 13.4. The molecular formula is C16H15BrN2O3. The first-order valence-corrected chi connectivity index (χ1v) is 7.30. The Morgan fingerprint density at radius 3 is 2.45 bits per heavy atom. The zero-order chi connectivity index (χ0) is 15.9. The maximum atomic E-state index is 11.8. The van der Waals surface area contributed by atoms with E-state index in [2.05, 4.69) is 26.5 Å². The molecule has 0 aromatic heterocycles. The van der Waals surface area contributed by atoms with Crippen molar-refractivity contribution in [3.63, 3.8) is 0 Å². The molecule has 2 aromatic rings. The topological polar surface area (TPSA) is 70.9 Å². The zero-order valence-electron chi connectivity index (χ0n) is 11.9.